The van der Waals surface area contributed by atoms with Gasteiger partial charge in [0.2, 0.25) is 11.9 Å². The first-order valence-electron chi connectivity index (χ1n) is 9.36. The van der Waals surface area contributed by atoms with Gasteiger partial charge < -0.3 is 25.9 Å². The van der Waals surface area contributed by atoms with Gasteiger partial charge in [-0.15, -0.1) is 0 Å². The maximum absolute atomic E-state index is 11.8. The summed E-state index contributed by atoms with van der Waals surface area (Å²) in [5, 5.41) is 17.0. The fraction of sp³-hybridized carbons (Fsp3) is 0.316. The molecule has 2 amide bonds. The number of primary amides is 1. The monoisotopic (exact) mass is 461 g/mol. The number of nitrogens with one attached hydrogen (secondary N) is 3. The zero-order valence-electron chi connectivity index (χ0n) is 17.7. The van der Waals surface area contributed by atoms with Crippen molar-refractivity contribution in [2.75, 3.05) is 28.8 Å². The number of nitriles is 1. The SMILES string of the molecule is CC(C)CNc1nc(Nc2ccc(OS(C)(=O)=O)c(NC(=O)CC#N)c2)ncc1C(N)=O. The third kappa shape index (κ3) is 7.40. The number of hydrogen-bond acceptors (Lipinski definition) is 10. The maximum atomic E-state index is 11.8. The van der Waals surface area contributed by atoms with Crippen LogP contribution in [-0.2, 0) is 14.9 Å². The van der Waals surface area contributed by atoms with E-state index in [1.165, 1.54) is 24.4 Å². The van der Waals surface area contributed by atoms with E-state index >= 15 is 0 Å². The summed E-state index contributed by atoms with van der Waals surface area (Å²) in [5.41, 5.74) is 5.89. The van der Waals surface area contributed by atoms with Crippen molar-refractivity contribution in [3.05, 3.63) is 30.0 Å². The highest BCUT2D eigenvalue weighted by molar-refractivity contribution is 7.86. The second-order valence-electron chi connectivity index (χ2n) is 7.10. The molecule has 0 saturated carbocycles. The van der Waals surface area contributed by atoms with E-state index in [4.69, 9.17) is 15.2 Å². The second kappa shape index (κ2) is 10.4. The first-order chi connectivity index (χ1) is 15.0. The van der Waals surface area contributed by atoms with Crippen LogP contribution in [-0.4, -0.2) is 43.0 Å². The van der Waals surface area contributed by atoms with Crippen molar-refractivity contribution in [2.45, 2.75) is 20.3 Å². The van der Waals surface area contributed by atoms with Crippen LogP contribution >= 0.6 is 0 Å². The van der Waals surface area contributed by atoms with E-state index in [-0.39, 0.29) is 34.7 Å². The molecule has 0 aliphatic rings. The van der Waals surface area contributed by atoms with E-state index in [2.05, 4.69) is 25.9 Å². The lowest BCUT2D eigenvalue weighted by Crippen LogP contribution is -2.19. The minimum absolute atomic E-state index is 0.0209. The van der Waals surface area contributed by atoms with Crippen LogP contribution in [0.15, 0.2) is 24.4 Å². The Labute approximate surface area is 185 Å². The highest BCUT2D eigenvalue weighted by Crippen LogP contribution is 2.30. The average molecular weight is 462 g/mol. The summed E-state index contributed by atoms with van der Waals surface area (Å²) < 4.78 is 27.9. The van der Waals surface area contributed by atoms with Crippen LogP contribution in [0.5, 0.6) is 5.75 Å². The summed E-state index contributed by atoms with van der Waals surface area (Å²) >= 11 is 0. The lowest BCUT2D eigenvalue weighted by molar-refractivity contribution is -0.115. The van der Waals surface area contributed by atoms with Crippen LogP contribution in [0, 0.1) is 17.2 Å². The van der Waals surface area contributed by atoms with Gasteiger partial charge in [-0.3, -0.25) is 9.59 Å². The minimum Gasteiger partial charge on any atom is -0.380 e. The molecule has 0 unspecified atom stereocenters. The molecule has 170 valence electrons. The zero-order chi connectivity index (χ0) is 23.9. The molecule has 12 nitrogen and oxygen atoms in total. The molecule has 13 heteroatoms. The van der Waals surface area contributed by atoms with Crippen LogP contribution in [0.1, 0.15) is 30.6 Å². The highest BCUT2D eigenvalue weighted by Gasteiger charge is 2.16. The Balaban J connectivity index is 2.37. The number of aromatic nitrogens is 2. The summed E-state index contributed by atoms with van der Waals surface area (Å²) in [4.78, 5) is 31.8. The molecule has 0 bridgehead atoms. The molecule has 1 aromatic carbocycles. The predicted molar refractivity (Wildman–Crippen MR) is 118 cm³/mol. The topological polar surface area (TPSA) is 189 Å². The van der Waals surface area contributed by atoms with Crippen LogP contribution < -0.4 is 25.9 Å². The lowest BCUT2D eigenvalue weighted by atomic mass is 10.2. The summed E-state index contributed by atoms with van der Waals surface area (Å²) in [7, 11) is -3.86. The van der Waals surface area contributed by atoms with Gasteiger partial charge in [0.25, 0.3) is 5.91 Å². The first kappa shape index (κ1) is 24.4. The molecule has 0 spiro atoms. The third-order valence-electron chi connectivity index (χ3n) is 3.72. The minimum atomic E-state index is -3.86. The van der Waals surface area contributed by atoms with Gasteiger partial charge in [-0.05, 0) is 24.1 Å². The fourth-order valence-corrected chi connectivity index (χ4v) is 2.87. The molecule has 0 atom stereocenters. The summed E-state index contributed by atoms with van der Waals surface area (Å²) in [6, 6.07) is 5.89. The number of anilines is 4. The largest absolute Gasteiger partial charge is 0.380 e. The number of carbonyl (C=O) groups is 2. The molecule has 0 aliphatic carbocycles. The van der Waals surface area contributed by atoms with Crippen molar-refractivity contribution in [2.24, 2.45) is 11.7 Å². The zero-order valence-corrected chi connectivity index (χ0v) is 18.5. The number of nitrogens with zero attached hydrogens (tertiary/aromatic N) is 3. The number of hydrogen-bond donors (Lipinski definition) is 4. The smallest absolute Gasteiger partial charge is 0.306 e. The molecule has 0 aliphatic heterocycles. The maximum Gasteiger partial charge on any atom is 0.306 e. The number of amides is 2. The van der Waals surface area contributed by atoms with E-state index in [0.717, 1.165) is 6.26 Å². The highest BCUT2D eigenvalue weighted by atomic mass is 32.2. The average Bonchev–Trinajstić information content (AvgIpc) is 2.67. The van der Waals surface area contributed by atoms with E-state index in [9.17, 15) is 18.0 Å². The Bertz CT molecular complexity index is 1160. The number of nitrogens with two attached hydrogens (primary N) is 1. The molecule has 1 heterocycles. The molecule has 0 radical (unpaired) electrons. The van der Waals surface area contributed by atoms with Crippen molar-refractivity contribution in [1.29, 1.82) is 5.26 Å². The first-order valence-corrected chi connectivity index (χ1v) is 11.2. The van der Waals surface area contributed by atoms with Gasteiger partial charge in [0.15, 0.2) is 5.75 Å². The number of carbonyl (C=O) groups excluding carboxylic acids is 2. The summed E-state index contributed by atoms with van der Waals surface area (Å²) in [5.74, 6) is -0.814. The predicted octanol–water partition coefficient (Wildman–Crippen LogP) is 1.58. The van der Waals surface area contributed by atoms with Crippen molar-refractivity contribution in [1.82, 2.24) is 9.97 Å². The molecule has 2 aromatic rings. The van der Waals surface area contributed by atoms with Gasteiger partial charge in [-0.1, -0.05) is 13.8 Å². The van der Waals surface area contributed by atoms with Crippen molar-refractivity contribution in [3.8, 4) is 11.8 Å². The Kier molecular flexibility index (Phi) is 7.92. The van der Waals surface area contributed by atoms with Crippen molar-refractivity contribution in [3.63, 3.8) is 0 Å². The molecule has 0 fully saturated rings. The molecular formula is C19H23N7O5S. The summed E-state index contributed by atoms with van der Waals surface area (Å²) in [6.07, 6.45) is 1.70. The fourth-order valence-electron chi connectivity index (χ4n) is 2.39. The van der Waals surface area contributed by atoms with Gasteiger partial charge in [0, 0.05) is 18.4 Å². The third-order valence-corrected chi connectivity index (χ3v) is 4.20. The Morgan fingerprint density at radius 3 is 2.62 bits per heavy atom. The number of benzene rings is 1. The van der Waals surface area contributed by atoms with E-state index in [1.54, 1.807) is 6.07 Å². The van der Waals surface area contributed by atoms with Crippen molar-refractivity contribution < 1.29 is 22.2 Å². The van der Waals surface area contributed by atoms with Gasteiger partial charge in [0.05, 0.1) is 23.6 Å². The van der Waals surface area contributed by atoms with Crippen LogP contribution in [0.2, 0.25) is 0 Å². The van der Waals surface area contributed by atoms with Gasteiger partial charge in [0.1, 0.15) is 12.2 Å². The second-order valence-corrected chi connectivity index (χ2v) is 8.68. The van der Waals surface area contributed by atoms with Gasteiger partial charge in [-0.2, -0.15) is 18.7 Å². The Morgan fingerprint density at radius 2 is 2.03 bits per heavy atom. The van der Waals surface area contributed by atoms with E-state index in [1.807, 2.05) is 13.8 Å². The molecule has 0 saturated heterocycles. The Morgan fingerprint density at radius 1 is 1.31 bits per heavy atom. The molecular weight excluding hydrogens is 438 g/mol. The van der Waals surface area contributed by atoms with Crippen LogP contribution in [0.4, 0.5) is 23.1 Å². The van der Waals surface area contributed by atoms with Gasteiger partial charge >= 0.3 is 10.1 Å². The lowest BCUT2D eigenvalue weighted by Gasteiger charge is -2.14. The molecule has 1 aromatic heterocycles. The molecule has 2 rings (SSSR count). The van der Waals surface area contributed by atoms with Crippen molar-refractivity contribution >= 4 is 45.1 Å². The summed E-state index contributed by atoms with van der Waals surface area (Å²) in [6.45, 7) is 4.52. The molecule has 5 N–H and O–H groups in total. The van der Waals surface area contributed by atoms with Gasteiger partial charge in [-0.25, -0.2) is 4.98 Å². The standard InChI is InChI=1S/C19H23N7O5S/c1-11(2)9-22-18-13(17(21)28)10-23-19(26-18)24-12-4-5-15(31-32(3,29)30)14(8-12)25-16(27)6-7-20/h4-5,8,10-11H,6,9H2,1-3H3,(H2,21,28)(H,25,27)(H2,22,23,24,26). The van der Waals surface area contributed by atoms with E-state index in [0.29, 0.717) is 12.2 Å². The van der Waals surface area contributed by atoms with E-state index < -0.39 is 28.4 Å². The van der Waals surface area contributed by atoms with Crippen LogP contribution in [0.3, 0.4) is 0 Å². The van der Waals surface area contributed by atoms with Crippen LogP contribution in [0.25, 0.3) is 0 Å². The molecule has 32 heavy (non-hydrogen) atoms. The number of rotatable bonds is 10. The Hall–Kier alpha value is -3.92. The quantitative estimate of drug-likeness (QED) is 0.378. The normalized spacial score (nSPS) is 10.8.